The van der Waals surface area contributed by atoms with Gasteiger partial charge in [0.25, 0.3) is 5.91 Å². The Morgan fingerprint density at radius 2 is 2.16 bits per heavy atom. The summed E-state index contributed by atoms with van der Waals surface area (Å²) in [5.41, 5.74) is 8.02. The number of aryl methyl sites for hydroxylation is 3. The van der Waals surface area contributed by atoms with E-state index in [0.717, 1.165) is 29.9 Å². The van der Waals surface area contributed by atoms with Crippen LogP contribution in [0.2, 0.25) is 0 Å². The van der Waals surface area contributed by atoms with Gasteiger partial charge in [-0.25, -0.2) is 0 Å². The molecule has 1 atom stereocenters. The van der Waals surface area contributed by atoms with Crippen LogP contribution in [-0.2, 0) is 24.1 Å². The van der Waals surface area contributed by atoms with Crippen LogP contribution in [0, 0.1) is 19.8 Å². The SMILES string of the molecule is Cc1noc(C)c1CCC(=O)NNC(=O)c1cc2c(s1)CC[C@H](C)C2. The van der Waals surface area contributed by atoms with E-state index in [2.05, 4.69) is 22.9 Å². The molecule has 0 radical (unpaired) electrons. The maximum absolute atomic E-state index is 12.2. The van der Waals surface area contributed by atoms with Crippen LogP contribution in [0.4, 0.5) is 0 Å². The van der Waals surface area contributed by atoms with Crippen LogP contribution in [0.25, 0.3) is 0 Å². The van der Waals surface area contributed by atoms with E-state index in [4.69, 9.17) is 4.52 Å². The van der Waals surface area contributed by atoms with E-state index in [0.29, 0.717) is 17.2 Å². The fourth-order valence-electron chi connectivity index (χ4n) is 3.17. The number of nitrogens with one attached hydrogen (secondary N) is 2. The Labute approximate surface area is 150 Å². The molecular formula is C18H23N3O3S. The van der Waals surface area contributed by atoms with Crippen molar-refractivity contribution in [3.8, 4) is 0 Å². The Bertz CT molecular complexity index is 774. The van der Waals surface area contributed by atoms with E-state index in [1.165, 1.54) is 28.2 Å². The van der Waals surface area contributed by atoms with Gasteiger partial charge in [0.15, 0.2) is 0 Å². The van der Waals surface area contributed by atoms with Gasteiger partial charge >= 0.3 is 0 Å². The minimum atomic E-state index is -0.252. The second-order valence-corrected chi connectivity index (χ2v) is 7.85. The summed E-state index contributed by atoms with van der Waals surface area (Å²) in [5.74, 6) is 0.913. The van der Waals surface area contributed by atoms with Crippen LogP contribution < -0.4 is 10.9 Å². The van der Waals surface area contributed by atoms with Crippen LogP contribution in [0.3, 0.4) is 0 Å². The van der Waals surface area contributed by atoms with E-state index in [1.807, 2.05) is 19.9 Å². The number of hydrazine groups is 1. The predicted octanol–water partition coefficient (Wildman–Crippen LogP) is 2.87. The molecule has 7 heteroatoms. The first-order valence-electron chi connectivity index (χ1n) is 8.56. The average molecular weight is 361 g/mol. The molecule has 2 aromatic heterocycles. The number of amides is 2. The van der Waals surface area contributed by atoms with Crippen LogP contribution in [0.15, 0.2) is 10.6 Å². The second-order valence-electron chi connectivity index (χ2n) is 6.71. The first kappa shape index (κ1) is 17.7. The highest BCUT2D eigenvalue weighted by Crippen LogP contribution is 2.32. The summed E-state index contributed by atoms with van der Waals surface area (Å²) in [6, 6.07) is 1.96. The number of carbonyl (C=O) groups is 2. The Kier molecular flexibility index (Phi) is 5.22. The third-order valence-electron chi connectivity index (χ3n) is 4.65. The van der Waals surface area contributed by atoms with Gasteiger partial charge in [0.1, 0.15) is 5.76 Å². The van der Waals surface area contributed by atoms with Crippen molar-refractivity contribution in [1.29, 1.82) is 0 Å². The average Bonchev–Trinajstić information content (AvgIpc) is 3.14. The van der Waals surface area contributed by atoms with Crippen LogP contribution in [-0.4, -0.2) is 17.0 Å². The molecule has 0 aromatic carbocycles. The van der Waals surface area contributed by atoms with Crippen molar-refractivity contribution in [1.82, 2.24) is 16.0 Å². The molecule has 0 spiro atoms. The molecule has 3 rings (SSSR count). The molecule has 0 fully saturated rings. The number of carbonyl (C=O) groups excluding carboxylic acids is 2. The van der Waals surface area contributed by atoms with Gasteiger partial charge in [-0.3, -0.25) is 20.4 Å². The third kappa shape index (κ3) is 4.10. The smallest absolute Gasteiger partial charge is 0.279 e. The Morgan fingerprint density at radius 1 is 1.36 bits per heavy atom. The van der Waals surface area contributed by atoms with Crippen molar-refractivity contribution >= 4 is 23.2 Å². The number of thiophene rings is 1. The van der Waals surface area contributed by atoms with E-state index >= 15 is 0 Å². The van der Waals surface area contributed by atoms with E-state index in [-0.39, 0.29) is 18.2 Å². The number of rotatable bonds is 4. The van der Waals surface area contributed by atoms with Crippen molar-refractivity contribution < 1.29 is 14.1 Å². The fourth-order valence-corrected chi connectivity index (χ4v) is 4.27. The first-order valence-corrected chi connectivity index (χ1v) is 9.38. The van der Waals surface area contributed by atoms with E-state index in [1.54, 1.807) is 0 Å². The first-order chi connectivity index (χ1) is 11.9. The van der Waals surface area contributed by atoms with Gasteiger partial charge in [-0.15, -0.1) is 11.3 Å². The molecule has 1 aliphatic carbocycles. The van der Waals surface area contributed by atoms with Crippen molar-refractivity contribution in [2.24, 2.45) is 5.92 Å². The number of hydrogen-bond donors (Lipinski definition) is 2. The van der Waals surface area contributed by atoms with Crippen LogP contribution in [0.1, 0.15) is 56.9 Å². The van der Waals surface area contributed by atoms with Gasteiger partial charge in [-0.05, 0) is 57.1 Å². The Morgan fingerprint density at radius 3 is 2.88 bits per heavy atom. The Balaban J connectivity index is 1.50. The molecule has 6 nitrogen and oxygen atoms in total. The number of nitrogens with zero attached hydrogens (tertiary/aromatic N) is 1. The molecule has 2 N–H and O–H groups in total. The summed E-state index contributed by atoms with van der Waals surface area (Å²) in [6.07, 6.45) is 4.05. The van der Waals surface area contributed by atoms with E-state index < -0.39 is 0 Å². The molecular weight excluding hydrogens is 338 g/mol. The molecule has 0 saturated carbocycles. The molecule has 1 aliphatic rings. The molecule has 2 amide bonds. The molecule has 2 heterocycles. The Hall–Kier alpha value is -2.15. The van der Waals surface area contributed by atoms with Gasteiger partial charge in [0.2, 0.25) is 5.91 Å². The quantitative estimate of drug-likeness (QED) is 0.820. The molecule has 25 heavy (non-hydrogen) atoms. The lowest BCUT2D eigenvalue weighted by molar-refractivity contribution is -0.121. The van der Waals surface area contributed by atoms with Gasteiger partial charge in [0.05, 0.1) is 10.6 Å². The summed E-state index contributed by atoms with van der Waals surface area (Å²) in [7, 11) is 0. The largest absolute Gasteiger partial charge is 0.361 e. The molecule has 0 saturated heterocycles. The van der Waals surface area contributed by atoms with E-state index in [9.17, 15) is 9.59 Å². The molecule has 2 aromatic rings. The standard InChI is InChI=1S/C18H23N3O3S/c1-10-4-6-15-13(8-10)9-16(25-15)18(23)20-19-17(22)7-5-14-11(2)21-24-12(14)3/h9-10H,4-8H2,1-3H3,(H,19,22)(H,20,23)/t10-/m0/s1. The summed E-state index contributed by atoms with van der Waals surface area (Å²) in [6.45, 7) is 5.92. The van der Waals surface area contributed by atoms with Crippen molar-refractivity contribution in [2.45, 2.75) is 52.9 Å². The second kappa shape index (κ2) is 7.39. The maximum atomic E-state index is 12.2. The minimum Gasteiger partial charge on any atom is -0.361 e. The lowest BCUT2D eigenvalue weighted by atomic mass is 9.90. The van der Waals surface area contributed by atoms with Gasteiger partial charge in [-0.1, -0.05) is 12.1 Å². The normalized spacial score (nSPS) is 16.4. The number of aromatic nitrogens is 1. The highest BCUT2D eigenvalue weighted by molar-refractivity contribution is 7.14. The maximum Gasteiger partial charge on any atom is 0.279 e. The molecule has 0 bridgehead atoms. The van der Waals surface area contributed by atoms with Gasteiger partial charge in [-0.2, -0.15) is 0 Å². The fraction of sp³-hybridized carbons (Fsp3) is 0.500. The third-order valence-corrected chi connectivity index (χ3v) is 5.89. The van der Waals surface area contributed by atoms with Crippen molar-refractivity contribution in [3.63, 3.8) is 0 Å². The number of hydrogen-bond acceptors (Lipinski definition) is 5. The predicted molar refractivity (Wildman–Crippen MR) is 95.4 cm³/mol. The zero-order valence-electron chi connectivity index (χ0n) is 14.8. The van der Waals surface area contributed by atoms with Crippen molar-refractivity contribution in [3.05, 3.63) is 38.4 Å². The monoisotopic (exact) mass is 361 g/mol. The zero-order chi connectivity index (χ0) is 18.0. The van der Waals surface area contributed by atoms with Gasteiger partial charge < -0.3 is 4.52 Å². The molecule has 134 valence electrons. The summed E-state index contributed by atoms with van der Waals surface area (Å²) >= 11 is 1.53. The highest BCUT2D eigenvalue weighted by atomic mass is 32.1. The number of fused-ring (bicyclic) bond motifs is 1. The summed E-state index contributed by atoms with van der Waals surface area (Å²) in [4.78, 5) is 26.2. The topological polar surface area (TPSA) is 84.2 Å². The van der Waals surface area contributed by atoms with Crippen LogP contribution in [0.5, 0.6) is 0 Å². The molecule has 0 unspecified atom stereocenters. The minimum absolute atomic E-state index is 0.233. The van der Waals surface area contributed by atoms with Crippen LogP contribution >= 0.6 is 11.3 Å². The lowest BCUT2D eigenvalue weighted by Crippen LogP contribution is -2.41. The highest BCUT2D eigenvalue weighted by Gasteiger charge is 2.21. The summed E-state index contributed by atoms with van der Waals surface area (Å²) < 4.78 is 5.08. The zero-order valence-corrected chi connectivity index (χ0v) is 15.6. The van der Waals surface area contributed by atoms with Crippen molar-refractivity contribution in [2.75, 3.05) is 0 Å². The van der Waals surface area contributed by atoms with Gasteiger partial charge in [0, 0.05) is 16.9 Å². The summed E-state index contributed by atoms with van der Waals surface area (Å²) in [5, 5.41) is 3.87. The molecule has 0 aliphatic heterocycles. The lowest BCUT2D eigenvalue weighted by Gasteiger charge is -2.16.